The fourth-order valence-electron chi connectivity index (χ4n) is 2.46. The topological polar surface area (TPSA) is 89.6 Å². The number of alkyl halides is 3. The highest BCUT2D eigenvalue weighted by atomic mass is 35.5. The zero-order valence-corrected chi connectivity index (χ0v) is 17.9. The number of rotatable bonds is 7. The molecule has 2 aromatic carbocycles. The Morgan fingerprint density at radius 2 is 1.88 bits per heavy atom. The van der Waals surface area contributed by atoms with E-state index in [1.807, 2.05) is 0 Å². The maximum absolute atomic E-state index is 12.6. The van der Waals surface area contributed by atoms with E-state index in [9.17, 15) is 18.0 Å². The first-order chi connectivity index (χ1) is 15.1. The number of halogens is 5. The quantitative estimate of drug-likeness (QED) is 0.357. The minimum atomic E-state index is -4.73. The molecule has 0 aliphatic heterocycles. The second kappa shape index (κ2) is 10.0. The van der Waals surface area contributed by atoms with Crippen LogP contribution in [0.15, 0.2) is 52.1 Å². The number of benzene rings is 2. The van der Waals surface area contributed by atoms with Crippen LogP contribution >= 0.6 is 23.2 Å². The first kappa shape index (κ1) is 23.6. The minimum absolute atomic E-state index is 0.0588. The van der Waals surface area contributed by atoms with Gasteiger partial charge in [-0.15, -0.1) is 0 Å². The van der Waals surface area contributed by atoms with E-state index in [-0.39, 0.29) is 23.6 Å². The van der Waals surface area contributed by atoms with Crippen molar-refractivity contribution in [3.05, 3.63) is 69.5 Å². The number of amides is 1. The minimum Gasteiger partial charge on any atom is -0.391 e. The first-order valence-electron chi connectivity index (χ1n) is 9.05. The maximum Gasteiger partial charge on any atom is 0.471 e. The Kier molecular flexibility index (Phi) is 7.37. The van der Waals surface area contributed by atoms with Crippen LogP contribution in [-0.2, 0) is 17.6 Å². The third-order valence-corrected chi connectivity index (χ3v) is 4.77. The number of hydrogen-bond donors (Lipinski definition) is 1. The summed E-state index contributed by atoms with van der Waals surface area (Å²) < 4.78 is 41.9. The van der Waals surface area contributed by atoms with Crippen LogP contribution in [-0.4, -0.2) is 28.3 Å². The molecule has 168 valence electrons. The van der Waals surface area contributed by atoms with E-state index in [2.05, 4.69) is 25.1 Å². The smallest absolute Gasteiger partial charge is 0.391 e. The van der Waals surface area contributed by atoms with E-state index >= 15 is 0 Å². The van der Waals surface area contributed by atoms with Crippen molar-refractivity contribution in [3.63, 3.8) is 0 Å². The molecule has 3 aromatic rings. The number of nitrogens with zero attached hydrogens (tertiary/aromatic N) is 3. The van der Waals surface area contributed by atoms with Crippen LogP contribution < -0.4 is 5.32 Å². The molecule has 1 amide bonds. The second-order valence-corrected chi connectivity index (χ2v) is 7.30. The molecule has 1 heterocycles. The van der Waals surface area contributed by atoms with Crippen molar-refractivity contribution in [2.45, 2.75) is 25.7 Å². The molecule has 1 unspecified atom stereocenters. The van der Waals surface area contributed by atoms with Gasteiger partial charge in [-0.1, -0.05) is 51.7 Å². The molecule has 1 aromatic heterocycles. The Balaban J connectivity index is 1.54. The predicted molar refractivity (Wildman–Crippen MR) is 111 cm³/mol. The van der Waals surface area contributed by atoms with Gasteiger partial charge in [0.05, 0.1) is 12.3 Å². The van der Waals surface area contributed by atoms with Gasteiger partial charge in [-0.3, -0.25) is 4.79 Å². The summed E-state index contributed by atoms with van der Waals surface area (Å²) in [5.41, 5.74) is 1.13. The molecule has 1 N–H and O–H groups in total. The van der Waals surface area contributed by atoms with Crippen molar-refractivity contribution in [1.82, 2.24) is 15.5 Å². The summed E-state index contributed by atoms with van der Waals surface area (Å²) >= 11 is 12.1. The van der Waals surface area contributed by atoms with Crippen LogP contribution in [0.3, 0.4) is 0 Å². The largest absolute Gasteiger partial charge is 0.471 e. The summed E-state index contributed by atoms with van der Waals surface area (Å²) in [6, 6.07) is 10.3. The average Bonchev–Trinajstić information content (AvgIpc) is 3.24. The van der Waals surface area contributed by atoms with Gasteiger partial charge in [0, 0.05) is 26.7 Å². The number of nitrogens with one attached hydrogen (secondary N) is 1. The van der Waals surface area contributed by atoms with E-state index in [1.165, 1.54) is 30.5 Å². The molecule has 0 radical (unpaired) electrons. The van der Waals surface area contributed by atoms with E-state index in [0.29, 0.717) is 15.6 Å². The van der Waals surface area contributed by atoms with Crippen LogP contribution in [0.4, 0.5) is 13.2 Å². The van der Waals surface area contributed by atoms with Gasteiger partial charge in [0.15, 0.2) is 0 Å². The van der Waals surface area contributed by atoms with Gasteiger partial charge in [-0.25, -0.2) is 0 Å². The van der Waals surface area contributed by atoms with Crippen molar-refractivity contribution in [1.29, 1.82) is 0 Å². The molecule has 7 nitrogen and oxygen atoms in total. The summed E-state index contributed by atoms with van der Waals surface area (Å²) in [5.74, 6) is -2.10. The van der Waals surface area contributed by atoms with Gasteiger partial charge in [0.2, 0.25) is 5.82 Å². The van der Waals surface area contributed by atoms with Crippen LogP contribution in [0, 0.1) is 0 Å². The van der Waals surface area contributed by atoms with Crippen LogP contribution in [0.1, 0.15) is 28.7 Å². The molecule has 0 aliphatic carbocycles. The molecule has 32 heavy (non-hydrogen) atoms. The van der Waals surface area contributed by atoms with Crippen LogP contribution in [0.2, 0.25) is 10.0 Å². The zero-order valence-electron chi connectivity index (χ0n) is 16.4. The highest BCUT2D eigenvalue weighted by Crippen LogP contribution is 2.29. The highest BCUT2D eigenvalue weighted by Gasteiger charge is 2.38. The third kappa shape index (κ3) is 5.98. The molecule has 1 atom stereocenters. The molecule has 3 rings (SSSR count). The Bertz CT molecular complexity index is 1100. The standard InChI is InChI=1S/C20H15Cl2F3N4O3/c1-11(9-26-31-10-14-15(21)3-2-4-16(14)22)27-18(30)13-7-5-12(6-8-13)17-28-19(32-29-17)20(23,24)25/h2-9,11H,10H2,1H3,(H,27,30). The number of carbonyl (C=O) groups excluding carboxylic acids is 1. The lowest BCUT2D eigenvalue weighted by Gasteiger charge is -2.09. The number of aromatic nitrogens is 2. The SMILES string of the molecule is CC(C=NOCc1c(Cl)cccc1Cl)NC(=O)c1ccc(-c2noc(C(F)(F)F)n2)cc1. The summed E-state index contributed by atoms with van der Waals surface area (Å²) in [6.07, 6.45) is -3.35. The Hall–Kier alpha value is -3.11. The van der Waals surface area contributed by atoms with E-state index < -0.39 is 24.0 Å². The van der Waals surface area contributed by atoms with Gasteiger partial charge < -0.3 is 14.7 Å². The van der Waals surface area contributed by atoms with E-state index in [0.717, 1.165) is 0 Å². The number of hydrogen-bond acceptors (Lipinski definition) is 6. The predicted octanol–water partition coefficient (Wildman–Crippen LogP) is 5.38. The van der Waals surface area contributed by atoms with Gasteiger partial charge in [-0.2, -0.15) is 18.2 Å². The summed E-state index contributed by atoms with van der Waals surface area (Å²) in [4.78, 5) is 20.8. The maximum atomic E-state index is 12.6. The van der Waals surface area contributed by atoms with E-state index in [1.54, 1.807) is 25.1 Å². The molecule has 0 fully saturated rings. The summed E-state index contributed by atoms with van der Waals surface area (Å²) in [7, 11) is 0. The van der Waals surface area contributed by atoms with Gasteiger partial charge >= 0.3 is 12.1 Å². The first-order valence-corrected chi connectivity index (χ1v) is 9.81. The van der Waals surface area contributed by atoms with Gasteiger partial charge in [0.1, 0.15) is 6.61 Å². The third-order valence-electron chi connectivity index (χ3n) is 4.06. The Labute approximate surface area is 190 Å². The lowest BCUT2D eigenvalue weighted by atomic mass is 10.1. The summed E-state index contributed by atoms with van der Waals surface area (Å²) in [5, 5.41) is 10.7. The lowest BCUT2D eigenvalue weighted by Crippen LogP contribution is -2.33. The van der Waals surface area contributed by atoms with Gasteiger partial charge in [0.25, 0.3) is 5.91 Å². The molecule has 12 heteroatoms. The number of oxime groups is 1. The van der Waals surface area contributed by atoms with Gasteiger partial charge in [-0.05, 0) is 31.2 Å². The van der Waals surface area contributed by atoms with E-state index in [4.69, 9.17) is 28.0 Å². The molecule has 0 saturated carbocycles. The van der Waals surface area contributed by atoms with Crippen molar-refractivity contribution in [3.8, 4) is 11.4 Å². The molecule has 0 aliphatic rings. The van der Waals surface area contributed by atoms with Crippen LogP contribution in [0.5, 0.6) is 0 Å². The van der Waals surface area contributed by atoms with Crippen molar-refractivity contribution < 1.29 is 27.3 Å². The molecular weight excluding hydrogens is 472 g/mol. The van der Waals surface area contributed by atoms with Crippen molar-refractivity contribution in [2.75, 3.05) is 0 Å². The molecule has 0 spiro atoms. The normalized spacial score (nSPS) is 12.7. The molecule has 0 bridgehead atoms. The molecular formula is C20H15Cl2F3N4O3. The average molecular weight is 487 g/mol. The second-order valence-electron chi connectivity index (χ2n) is 6.49. The lowest BCUT2D eigenvalue weighted by molar-refractivity contribution is -0.159. The summed E-state index contributed by atoms with van der Waals surface area (Å²) in [6.45, 7) is 1.74. The Morgan fingerprint density at radius 1 is 1.22 bits per heavy atom. The number of carbonyl (C=O) groups is 1. The monoisotopic (exact) mass is 486 g/mol. The van der Waals surface area contributed by atoms with Crippen molar-refractivity contribution in [2.24, 2.45) is 5.16 Å². The zero-order chi connectivity index (χ0) is 23.3. The highest BCUT2D eigenvalue weighted by molar-refractivity contribution is 6.35. The fraction of sp³-hybridized carbons (Fsp3) is 0.200. The molecule has 0 saturated heterocycles. The van der Waals surface area contributed by atoms with Crippen LogP contribution in [0.25, 0.3) is 11.4 Å². The Morgan fingerprint density at radius 3 is 2.47 bits per heavy atom. The van der Waals surface area contributed by atoms with Crippen molar-refractivity contribution >= 4 is 35.3 Å². The fourth-order valence-corrected chi connectivity index (χ4v) is 2.97.